The number of aromatic nitrogens is 2. The van der Waals surface area contributed by atoms with Gasteiger partial charge in [-0.15, -0.1) is 0 Å². The van der Waals surface area contributed by atoms with Crippen LogP contribution in [0.4, 0.5) is 11.6 Å². The van der Waals surface area contributed by atoms with E-state index in [0.717, 1.165) is 11.3 Å². The summed E-state index contributed by atoms with van der Waals surface area (Å²) in [5.74, 6) is 0.602. The lowest BCUT2D eigenvalue weighted by atomic mass is 10.2. The first kappa shape index (κ1) is 12.0. The summed E-state index contributed by atoms with van der Waals surface area (Å²) < 4.78 is 0. The van der Waals surface area contributed by atoms with E-state index in [9.17, 15) is 4.79 Å². The SMILES string of the molecule is Cc1cc(C)nc(NC(=O)c2ccnc(N)c2)c1. The van der Waals surface area contributed by atoms with Gasteiger partial charge in [-0.25, -0.2) is 9.97 Å². The molecule has 0 atom stereocenters. The molecule has 0 bridgehead atoms. The molecule has 0 fully saturated rings. The topological polar surface area (TPSA) is 80.9 Å². The Kier molecular flexibility index (Phi) is 3.23. The molecule has 0 saturated carbocycles. The van der Waals surface area contributed by atoms with Gasteiger partial charge in [-0.1, -0.05) is 0 Å². The van der Waals surface area contributed by atoms with Crippen LogP contribution < -0.4 is 11.1 Å². The molecule has 0 unspecified atom stereocenters. The summed E-state index contributed by atoms with van der Waals surface area (Å²) in [4.78, 5) is 20.0. The van der Waals surface area contributed by atoms with Gasteiger partial charge in [0.1, 0.15) is 11.6 Å². The number of nitrogen functional groups attached to an aromatic ring is 1. The van der Waals surface area contributed by atoms with Gasteiger partial charge in [-0.05, 0) is 43.7 Å². The first-order chi connectivity index (χ1) is 8.54. The lowest BCUT2D eigenvalue weighted by molar-refractivity contribution is 0.102. The summed E-state index contributed by atoms with van der Waals surface area (Å²) in [6.07, 6.45) is 1.50. The number of nitrogens with one attached hydrogen (secondary N) is 1. The standard InChI is InChI=1S/C13H14N4O/c1-8-5-9(2)16-12(6-8)17-13(18)10-3-4-15-11(14)7-10/h3-7H,1-2H3,(H2,14,15)(H,16,17,18). The lowest BCUT2D eigenvalue weighted by Crippen LogP contribution is -2.14. The number of pyridine rings is 2. The van der Waals surface area contributed by atoms with Gasteiger partial charge in [-0.2, -0.15) is 0 Å². The van der Waals surface area contributed by atoms with E-state index in [1.165, 1.54) is 12.3 Å². The zero-order valence-corrected chi connectivity index (χ0v) is 10.3. The Morgan fingerprint density at radius 1 is 1.28 bits per heavy atom. The third kappa shape index (κ3) is 2.82. The molecule has 0 radical (unpaired) electrons. The van der Waals surface area contributed by atoms with Gasteiger partial charge >= 0.3 is 0 Å². The van der Waals surface area contributed by atoms with Crippen molar-refractivity contribution in [1.82, 2.24) is 9.97 Å². The Bertz CT molecular complexity index is 575. The third-order valence-corrected chi connectivity index (χ3v) is 2.38. The highest BCUT2D eigenvalue weighted by molar-refractivity contribution is 6.04. The zero-order valence-electron chi connectivity index (χ0n) is 10.3. The maximum absolute atomic E-state index is 12.0. The van der Waals surface area contributed by atoms with Crippen LogP contribution in [-0.4, -0.2) is 15.9 Å². The fraction of sp³-hybridized carbons (Fsp3) is 0.154. The molecule has 2 aromatic heterocycles. The van der Waals surface area contributed by atoms with E-state index < -0.39 is 0 Å². The molecule has 0 saturated heterocycles. The van der Waals surface area contributed by atoms with Gasteiger partial charge < -0.3 is 11.1 Å². The van der Waals surface area contributed by atoms with Crippen molar-refractivity contribution in [2.75, 3.05) is 11.1 Å². The Morgan fingerprint density at radius 3 is 2.72 bits per heavy atom. The number of carbonyl (C=O) groups excluding carboxylic acids is 1. The predicted octanol–water partition coefficient (Wildman–Crippen LogP) is 1.93. The molecule has 0 aliphatic heterocycles. The fourth-order valence-corrected chi connectivity index (χ4v) is 1.68. The maximum Gasteiger partial charge on any atom is 0.257 e. The quantitative estimate of drug-likeness (QED) is 0.843. The van der Waals surface area contributed by atoms with Crippen molar-refractivity contribution in [3.8, 4) is 0 Å². The Morgan fingerprint density at radius 2 is 2.06 bits per heavy atom. The molecule has 1 amide bonds. The van der Waals surface area contributed by atoms with E-state index in [4.69, 9.17) is 5.73 Å². The predicted molar refractivity (Wildman–Crippen MR) is 70.3 cm³/mol. The van der Waals surface area contributed by atoms with Gasteiger partial charge in [0.25, 0.3) is 5.91 Å². The number of nitrogens with two attached hydrogens (primary N) is 1. The third-order valence-electron chi connectivity index (χ3n) is 2.38. The molecule has 18 heavy (non-hydrogen) atoms. The highest BCUT2D eigenvalue weighted by atomic mass is 16.1. The van der Waals surface area contributed by atoms with Crippen LogP contribution in [0.25, 0.3) is 0 Å². The van der Waals surface area contributed by atoms with Crippen molar-refractivity contribution in [1.29, 1.82) is 0 Å². The normalized spacial score (nSPS) is 10.1. The Labute approximate surface area is 105 Å². The van der Waals surface area contributed by atoms with Crippen LogP contribution in [0.2, 0.25) is 0 Å². The monoisotopic (exact) mass is 242 g/mol. The van der Waals surface area contributed by atoms with Crippen molar-refractivity contribution in [3.05, 3.63) is 47.3 Å². The van der Waals surface area contributed by atoms with Crippen molar-refractivity contribution in [3.63, 3.8) is 0 Å². The molecular weight excluding hydrogens is 228 g/mol. The van der Waals surface area contributed by atoms with Crippen LogP contribution in [-0.2, 0) is 0 Å². The van der Waals surface area contributed by atoms with Crippen LogP contribution in [0, 0.1) is 13.8 Å². The molecule has 0 aromatic carbocycles. The summed E-state index contributed by atoms with van der Waals surface area (Å²) in [6, 6.07) is 6.89. The second kappa shape index (κ2) is 4.83. The van der Waals surface area contributed by atoms with Crippen LogP contribution in [0.1, 0.15) is 21.6 Å². The van der Waals surface area contributed by atoms with Crippen molar-refractivity contribution in [2.24, 2.45) is 0 Å². The molecule has 0 spiro atoms. The molecular formula is C13H14N4O. The number of amides is 1. The number of rotatable bonds is 2. The first-order valence-electron chi connectivity index (χ1n) is 5.53. The number of hydrogen-bond acceptors (Lipinski definition) is 4. The van der Waals surface area contributed by atoms with E-state index in [0.29, 0.717) is 17.2 Å². The molecule has 2 rings (SSSR count). The maximum atomic E-state index is 12.0. The first-order valence-corrected chi connectivity index (χ1v) is 5.53. The number of nitrogens with zero attached hydrogens (tertiary/aromatic N) is 2. The largest absolute Gasteiger partial charge is 0.384 e. The van der Waals surface area contributed by atoms with Crippen molar-refractivity contribution >= 4 is 17.5 Å². The molecule has 0 aliphatic carbocycles. The second-order valence-corrected chi connectivity index (χ2v) is 4.09. The van der Waals surface area contributed by atoms with Gasteiger partial charge in [0.05, 0.1) is 0 Å². The van der Waals surface area contributed by atoms with E-state index in [2.05, 4.69) is 15.3 Å². The zero-order chi connectivity index (χ0) is 13.1. The average molecular weight is 242 g/mol. The van der Waals surface area contributed by atoms with Crippen LogP contribution in [0.3, 0.4) is 0 Å². The van der Waals surface area contributed by atoms with Gasteiger partial charge in [0.15, 0.2) is 0 Å². The van der Waals surface area contributed by atoms with E-state index in [1.807, 2.05) is 26.0 Å². The minimum atomic E-state index is -0.249. The average Bonchev–Trinajstić information content (AvgIpc) is 2.27. The summed E-state index contributed by atoms with van der Waals surface area (Å²) in [5.41, 5.74) is 7.90. The van der Waals surface area contributed by atoms with Crippen LogP contribution in [0.15, 0.2) is 30.5 Å². The summed E-state index contributed by atoms with van der Waals surface area (Å²) in [5, 5.41) is 2.73. The van der Waals surface area contributed by atoms with E-state index >= 15 is 0 Å². The van der Waals surface area contributed by atoms with Crippen molar-refractivity contribution in [2.45, 2.75) is 13.8 Å². The molecule has 5 heteroatoms. The molecule has 2 aromatic rings. The second-order valence-electron chi connectivity index (χ2n) is 4.09. The van der Waals surface area contributed by atoms with Gasteiger partial charge in [0, 0.05) is 17.5 Å². The lowest BCUT2D eigenvalue weighted by Gasteiger charge is -2.06. The number of aryl methyl sites for hydroxylation is 2. The van der Waals surface area contributed by atoms with Crippen LogP contribution >= 0.6 is 0 Å². The van der Waals surface area contributed by atoms with Gasteiger partial charge in [0.2, 0.25) is 0 Å². The molecule has 2 heterocycles. The smallest absolute Gasteiger partial charge is 0.257 e. The molecule has 92 valence electrons. The molecule has 0 aliphatic rings. The number of carbonyl (C=O) groups is 1. The van der Waals surface area contributed by atoms with Crippen LogP contribution in [0.5, 0.6) is 0 Å². The summed E-state index contributed by atoms with van der Waals surface area (Å²) in [7, 11) is 0. The molecule has 3 N–H and O–H groups in total. The Hall–Kier alpha value is -2.43. The highest BCUT2D eigenvalue weighted by Gasteiger charge is 2.07. The van der Waals surface area contributed by atoms with E-state index in [1.54, 1.807) is 6.07 Å². The number of hydrogen-bond donors (Lipinski definition) is 2. The Balaban J connectivity index is 2.21. The molecule has 5 nitrogen and oxygen atoms in total. The summed E-state index contributed by atoms with van der Waals surface area (Å²) >= 11 is 0. The van der Waals surface area contributed by atoms with E-state index in [-0.39, 0.29) is 5.91 Å². The summed E-state index contributed by atoms with van der Waals surface area (Å²) in [6.45, 7) is 3.84. The van der Waals surface area contributed by atoms with Crippen molar-refractivity contribution < 1.29 is 4.79 Å². The highest BCUT2D eigenvalue weighted by Crippen LogP contribution is 2.11. The van der Waals surface area contributed by atoms with Gasteiger partial charge in [-0.3, -0.25) is 4.79 Å². The fourth-order valence-electron chi connectivity index (χ4n) is 1.68. The minimum absolute atomic E-state index is 0.249. The minimum Gasteiger partial charge on any atom is -0.384 e. The number of anilines is 2.